The number of hydrogen-bond donors (Lipinski definition) is 0. The molecule has 2 aromatic carbocycles. The molecule has 24 heavy (non-hydrogen) atoms. The van der Waals surface area contributed by atoms with Crippen LogP contribution in [0.25, 0.3) is 5.57 Å². The predicted molar refractivity (Wildman–Crippen MR) is 98.4 cm³/mol. The van der Waals surface area contributed by atoms with Crippen LogP contribution in [0.3, 0.4) is 0 Å². The Hall–Kier alpha value is -2.61. The maximum Gasteiger partial charge on any atom is 0.193 e. The van der Waals surface area contributed by atoms with Gasteiger partial charge in [0.25, 0.3) is 0 Å². The Bertz CT molecular complexity index is 842. The van der Waals surface area contributed by atoms with Crippen molar-refractivity contribution >= 4 is 11.4 Å². The lowest BCUT2D eigenvalue weighted by Gasteiger charge is -2.18. The highest BCUT2D eigenvalue weighted by Gasteiger charge is 2.25. The van der Waals surface area contributed by atoms with Gasteiger partial charge in [-0.15, -0.1) is 0 Å². The zero-order valence-electron chi connectivity index (χ0n) is 14.6. The Morgan fingerprint density at radius 3 is 2.33 bits per heavy atom. The van der Waals surface area contributed by atoms with Gasteiger partial charge in [0, 0.05) is 17.0 Å². The van der Waals surface area contributed by atoms with E-state index in [0.717, 1.165) is 5.56 Å². The van der Waals surface area contributed by atoms with Gasteiger partial charge in [0.05, 0.1) is 7.11 Å². The zero-order chi connectivity index (χ0) is 17.3. The second-order valence-corrected chi connectivity index (χ2v) is 6.31. The van der Waals surface area contributed by atoms with Crippen LogP contribution >= 0.6 is 0 Å². The third kappa shape index (κ3) is 2.80. The van der Waals surface area contributed by atoms with Crippen molar-refractivity contribution in [2.45, 2.75) is 20.8 Å². The van der Waals surface area contributed by atoms with Gasteiger partial charge in [-0.25, -0.2) is 0 Å². The number of benzene rings is 2. The molecule has 0 radical (unpaired) electrons. The molecule has 0 N–H and O–H groups in total. The predicted octanol–water partition coefficient (Wildman–Crippen LogP) is 5.30. The SMILES string of the molecule is COc1ccc(C2=C(C)C=C(C)C2C)c(C(=O)c2ccccc2)c1. The molecule has 1 aliphatic rings. The highest BCUT2D eigenvalue weighted by atomic mass is 16.5. The minimum atomic E-state index is 0.0292. The molecule has 0 spiro atoms. The fraction of sp³-hybridized carbons (Fsp3) is 0.227. The van der Waals surface area contributed by atoms with Gasteiger partial charge >= 0.3 is 0 Å². The molecule has 0 fully saturated rings. The smallest absolute Gasteiger partial charge is 0.193 e. The Labute approximate surface area is 143 Å². The van der Waals surface area contributed by atoms with E-state index >= 15 is 0 Å². The molecule has 0 saturated heterocycles. The molecular formula is C22H22O2. The van der Waals surface area contributed by atoms with Crippen LogP contribution in [0.15, 0.2) is 65.8 Å². The second-order valence-electron chi connectivity index (χ2n) is 6.31. The number of allylic oxidation sites excluding steroid dienone is 4. The highest BCUT2D eigenvalue weighted by molar-refractivity contribution is 6.12. The summed E-state index contributed by atoms with van der Waals surface area (Å²) < 4.78 is 5.35. The third-order valence-electron chi connectivity index (χ3n) is 4.78. The average Bonchev–Trinajstić information content (AvgIpc) is 2.86. The average molecular weight is 318 g/mol. The molecule has 3 rings (SSSR count). The van der Waals surface area contributed by atoms with E-state index in [9.17, 15) is 4.79 Å². The summed E-state index contributed by atoms with van der Waals surface area (Å²) in [6.07, 6.45) is 2.21. The molecule has 2 nitrogen and oxygen atoms in total. The summed E-state index contributed by atoms with van der Waals surface area (Å²) >= 11 is 0. The first-order valence-corrected chi connectivity index (χ1v) is 8.20. The summed E-state index contributed by atoms with van der Waals surface area (Å²) in [5.74, 6) is 1.05. The standard InChI is InChI=1S/C22H22O2/c1-14-12-15(2)21(16(14)3)19-11-10-18(24-4)13-20(19)22(23)17-8-6-5-7-9-17/h5-13,16H,1-4H3. The van der Waals surface area contributed by atoms with E-state index in [1.165, 1.54) is 16.7 Å². The van der Waals surface area contributed by atoms with Crippen LogP contribution in [0.4, 0.5) is 0 Å². The van der Waals surface area contributed by atoms with Crippen LogP contribution in [0.2, 0.25) is 0 Å². The lowest BCUT2D eigenvalue weighted by molar-refractivity contribution is 0.103. The number of rotatable bonds is 4. The maximum atomic E-state index is 13.1. The molecule has 0 aliphatic heterocycles. The Morgan fingerprint density at radius 2 is 1.75 bits per heavy atom. The monoisotopic (exact) mass is 318 g/mol. The van der Waals surface area contributed by atoms with Crippen molar-refractivity contribution in [1.29, 1.82) is 0 Å². The molecule has 1 unspecified atom stereocenters. The Kier molecular flexibility index (Phi) is 4.39. The molecule has 0 heterocycles. The molecule has 2 heteroatoms. The molecule has 0 bridgehead atoms. The topological polar surface area (TPSA) is 26.3 Å². The first-order chi connectivity index (χ1) is 11.5. The minimum Gasteiger partial charge on any atom is -0.497 e. The molecule has 1 aliphatic carbocycles. The van der Waals surface area contributed by atoms with Gasteiger partial charge in [0.1, 0.15) is 5.75 Å². The third-order valence-corrected chi connectivity index (χ3v) is 4.78. The second kappa shape index (κ2) is 6.48. The summed E-state index contributed by atoms with van der Waals surface area (Å²) in [6, 6.07) is 15.2. The summed E-state index contributed by atoms with van der Waals surface area (Å²) in [6.45, 7) is 6.45. The van der Waals surface area contributed by atoms with Crippen molar-refractivity contribution in [3.63, 3.8) is 0 Å². The van der Waals surface area contributed by atoms with Gasteiger partial charge in [-0.1, -0.05) is 55.0 Å². The highest BCUT2D eigenvalue weighted by Crippen LogP contribution is 2.40. The first kappa shape index (κ1) is 16.3. The number of hydrogen-bond acceptors (Lipinski definition) is 2. The van der Waals surface area contributed by atoms with Crippen molar-refractivity contribution in [2.24, 2.45) is 5.92 Å². The molecular weight excluding hydrogens is 296 g/mol. The molecule has 0 aromatic heterocycles. The van der Waals surface area contributed by atoms with Crippen LogP contribution in [-0.4, -0.2) is 12.9 Å². The zero-order valence-corrected chi connectivity index (χ0v) is 14.6. The van der Waals surface area contributed by atoms with E-state index in [1.54, 1.807) is 7.11 Å². The summed E-state index contributed by atoms with van der Waals surface area (Å²) in [5.41, 5.74) is 6.19. The summed E-state index contributed by atoms with van der Waals surface area (Å²) in [5, 5.41) is 0. The quantitative estimate of drug-likeness (QED) is 0.715. The van der Waals surface area contributed by atoms with E-state index in [2.05, 4.69) is 26.8 Å². The van der Waals surface area contributed by atoms with Crippen molar-refractivity contribution in [3.8, 4) is 5.75 Å². The van der Waals surface area contributed by atoms with Crippen molar-refractivity contribution in [3.05, 3.63) is 82.4 Å². The Balaban J connectivity index is 2.15. The van der Waals surface area contributed by atoms with Gasteiger partial charge in [0.2, 0.25) is 0 Å². The normalized spacial score (nSPS) is 17.0. The molecule has 0 amide bonds. The summed E-state index contributed by atoms with van der Waals surface area (Å²) in [4.78, 5) is 13.1. The first-order valence-electron chi connectivity index (χ1n) is 8.20. The largest absolute Gasteiger partial charge is 0.497 e. The number of ketones is 1. The van der Waals surface area contributed by atoms with Crippen LogP contribution < -0.4 is 4.74 Å². The molecule has 1 atom stereocenters. The number of methoxy groups -OCH3 is 1. The molecule has 122 valence electrons. The van der Waals surface area contributed by atoms with Gasteiger partial charge in [-0.2, -0.15) is 0 Å². The van der Waals surface area contributed by atoms with Gasteiger partial charge in [0.15, 0.2) is 5.78 Å². The Morgan fingerprint density at radius 1 is 1.04 bits per heavy atom. The number of ether oxygens (including phenoxy) is 1. The van der Waals surface area contributed by atoms with E-state index in [0.29, 0.717) is 22.8 Å². The number of carbonyl (C=O) groups is 1. The molecule has 0 saturated carbocycles. The van der Waals surface area contributed by atoms with Gasteiger partial charge in [-0.05, 0) is 42.7 Å². The van der Waals surface area contributed by atoms with Crippen molar-refractivity contribution in [1.82, 2.24) is 0 Å². The van der Waals surface area contributed by atoms with Gasteiger partial charge in [-0.3, -0.25) is 4.79 Å². The fourth-order valence-corrected chi connectivity index (χ4v) is 3.38. The minimum absolute atomic E-state index is 0.0292. The maximum absolute atomic E-state index is 13.1. The van der Waals surface area contributed by atoms with E-state index in [1.807, 2.05) is 48.5 Å². The van der Waals surface area contributed by atoms with Crippen LogP contribution in [0.5, 0.6) is 5.75 Å². The number of carbonyl (C=O) groups excluding carboxylic acids is 1. The van der Waals surface area contributed by atoms with E-state index < -0.39 is 0 Å². The van der Waals surface area contributed by atoms with Gasteiger partial charge < -0.3 is 4.74 Å². The van der Waals surface area contributed by atoms with Crippen LogP contribution in [0, 0.1) is 5.92 Å². The van der Waals surface area contributed by atoms with E-state index in [-0.39, 0.29) is 5.78 Å². The van der Waals surface area contributed by atoms with Crippen molar-refractivity contribution < 1.29 is 9.53 Å². The van der Waals surface area contributed by atoms with Crippen LogP contribution in [0.1, 0.15) is 42.3 Å². The molecule has 2 aromatic rings. The lowest BCUT2D eigenvalue weighted by atomic mass is 9.86. The lowest BCUT2D eigenvalue weighted by Crippen LogP contribution is -2.08. The van der Waals surface area contributed by atoms with Crippen LogP contribution in [-0.2, 0) is 0 Å². The fourth-order valence-electron chi connectivity index (χ4n) is 3.38. The van der Waals surface area contributed by atoms with E-state index in [4.69, 9.17) is 4.74 Å². The van der Waals surface area contributed by atoms with Crippen molar-refractivity contribution in [2.75, 3.05) is 7.11 Å². The summed E-state index contributed by atoms with van der Waals surface area (Å²) in [7, 11) is 1.63.